The summed E-state index contributed by atoms with van der Waals surface area (Å²) in [7, 11) is -13.5. The van der Waals surface area contributed by atoms with Crippen molar-refractivity contribution < 1.29 is 79.6 Å². The summed E-state index contributed by atoms with van der Waals surface area (Å²) in [6.07, 6.45) is 14.2. The Morgan fingerprint density at radius 2 is 0.833 bits per heavy atom. The van der Waals surface area contributed by atoms with Crippen LogP contribution in [0.5, 0.6) is 0 Å². The van der Waals surface area contributed by atoms with Crippen molar-refractivity contribution in [2.75, 3.05) is 44.6 Å². The quantitative estimate of drug-likeness (QED) is 0.0351. The monoisotopic (exact) mass is 1540 g/mol. The molecule has 0 aliphatic heterocycles. The molecule has 535 valence electrons. The van der Waals surface area contributed by atoms with Gasteiger partial charge in [-0.25, -0.2) is 74.3 Å². The Morgan fingerprint density at radius 1 is 0.479 bits per heavy atom. The molecule has 0 saturated heterocycles. The van der Waals surface area contributed by atoms with Crippen LogP contribution in [-0.4, -0.2) is 168 Å². The predicted octanol–water partition coefficient (Wildman–Crippen LogP) is 7.64. The van der Waals surface area contributed by atoms with Gasteiger partial charge in [-0.1, -0.05) is 0 Å². The molecule has 0 aliphatic carbocycles. The number of aliphatic hydroxyl groups excluding tert-OH is 1. The zero-order valence-corrected chi connectivity index (χ0v) is 66.2. The molecule has 27 nitrogen and oxygen atoms in total. The predicted molar refractivity (Wildman–Crippen MR) is 384 cm³/mol. The van der Waals surface area contributed by atoms with Crippen molar-refractivity contribution in [1.29, 1.82) is 0 Å². The molecule has 7 aromatic rings. The second-order valence-electron chi connectivity index (χ2n) is 22.4. The molecule has 0 spiro atoms. The standard InChI is InChI=1S/C10H18N2O2S.2C9H13NO3S.C8H10BrNO3S.C8H13NO3S.C8H11NO3S.C8H11NO.BHNS/c1-7-8(2)12(15(5,13)14)9(3)10(7)6-11-4;1-6-7(2)10(14(4,12)13)8(3)9(6)5-11;1-6-5-10(14(4,12)13)7(2)9(6)8(3)11;1-5-7(4-11)6(2)10(8(5)9)14(3,12)13;2*1-6-4-9(13(3,11)12)7(2)8(6)5-10;1-5-6(2)9-7(3)8(5)4-10;1-2-3/h11H,6H2,1-5H3;2*5H,1-4H3;4H,1-3H3;4,10H,5H2,1-3H3;4-5H,1-3H3;4,9H,1-3H3;3H. The second kappa shape index (κ2) is 35.9. The van der Waals surface area contributed by atoms with Crippen LogP contribution in [0.4, 0.5) is 0 Å². The van der Waals surface area contributed by atoms with E-state index in [9.17, 15) is 74.5 Å². The maximum absolute atomic E-state index is 11.6. The van der Waals surface area contributed by atoms with Gasteiger partial charge in [0.25, 0.3) is 0 Å². The number of aryl methyl sites for hydroxylation is 5. The molecule has 7 rings (SSSR count). The average molecular weight is 1540 g/mol. The number of thiol groups is 1. The van der Waals surface area contributed by atoms with E-state index in [1.807, 2.05) is 48.6 Å². The first-order valence-electron chi connectivity index (χ1n) is 28.3. The molecule has 0 aromatic carbocycles. The molecule has 3 N–H and O–H groups in total. The number of aromatic nitrogens is 7. The van der Waals surface area contributed by atoms with E-state index in [1.165, 1.54) is 43.7 Å². The number of nitrogens with one attached hydrogen (secondary N) is 2. The summed E-state index contributed by atoms with van der Waals surface area (Å²) in [6, 6.07) is 0. The number of H-pyrrole nitrogens is 1. The van der Waals surface area contributed by atoms with Crippen LogP contribution in [-0.2, 0) is 73.3 Å². The van der Waals surface area contributed by atoms with Gasteiger partial charge in [0.1, 0.15) is 4.60 Å². The number of aliphatic hydroxyl groups is 1. The fourth-order valence-corrected chi connectivity index (χ4v) is 17.9. The number of nitrogens with zero attached hydrogens (tertiary/aromatic N) is 7. The number of hydrogen-bond acceptors (Lipinski definition) is 21. The van der Waals surface area contributed by atoms with E-state index in [-0.39, 0.29) is 12.4 Å². The van der Waals surface area contributed by atoms with Gasteiger partial charge in [0, 0.05) is 115 Å². The third-order valence-electron chi connectivity index (χ3n) is 15.1. The molecule has 96 heavy (non-hydrogen) atoms. The summed E-state index contributed by atoms with van der Waals surface area (Å²) < 4.78 is 146. The topological polar surface area (TPSA) is 380 Å². The molecule has 7 heterocycles. The van der Waals surface area contributed by atoms with Gasteiger partial charge in [-0.05, 0) is 192 Å². The van der Waals surface area contributed by atoms with Crippen LogP contribution in [0.25, 0.3) is 0 Å². The van der Waals surface area contributed by atoms with Crippen molar-refractivity contribution >= 4 is 127 Å². The molecule has 0 aliphatic rings. The van der Waals surface area contributed by atoms with Crippen LogP contribution in [0.2, 0.25) is 0 Å². The number of ketones is 1. The van der Waals surface area contributed by atoms with E-state index in [1.54, 1.807) is 76.2 Å². The molecule has 0 atom stereocenters. The third kappa shape index (κ3) is 22.6. The van der Waals surface area contributed by atoms with Crippen molar-refractivity contribution in [1.82, 2.24) is 34.1 Å². The van der Waals surface area contributed by atoms with Crippen LogP contribution in [0.1, 0.15) is 166 Å². The van der Waals surface area contributed by atoms with Gasteiger partial charge in [-0.15, -0.1) is 0 Å². The summed E-state index contributed by atoms with van der Waals surface area (Å²) >= 11 is 6.34. The van der Waals surface area contributed by atoms with Gasteiger partial charge >= 0.3 is 24.8 Å². The molecule has 7 aromatic heterocycles. The minimum absolute atomic E-state index is 0.109. The van der Waals surface area contributed by atoms with Crippen molar-refractivity contribution in [2.45, 2.75) is 138 Å². The Bertz CT molecular complexity index is 4680. The first-order valence-corrected chi connectivity index (χ1v) is 40.6. The Balaban J connectivity index is 0.00000109. The SMILES string of the molecule is CC(=O)c1c(C)cn(S(C)(=O)=O)c1C.CNCc1c(C)c(C)n(S(C)(=O)=O)c1C.Cc1[nH]c(C)c(C=O)c1C.Cc1c(C=O)c(C)n(S(C)(=O)=O)c1Br.Cc1c(C=O)c(C)n(S(C)(=O)=O)c1C.Cc1cn(S(C)(=O)=O)c(C)c1C=O.Cc1cn(S(C)(=O)=O)c(C)c1CO.[B]=NS. The van der Waals surface area contributed by atoms with Crippen molar-refractivity contribution in [2.24, 2.45) is 4.30 Å². The van der Waals surface area contributed by atoms with Gasteiger partial charge in [-0.2, -0.15) is 0 Å². The van der Waals surface area contributed by atoms with Crippen LogP contribution >= 0.6 is 28.7 Å². The van der Waals surface area contributed by atoms with Crippen molar-refractivity contribution in [3.8, 4) is 0 Å². The number of carbonyl (C=O) groups excluding carboxylic acids is 5. The summed E-state index contributed by atoms with van der Waals surface area (Å²) in [5.41, 5.74) is 16.8. The van der Waals surface area contributed by atoms with Gasteiger partial charge in [-0.3, -0.25) is 24.0 Å². The fraction of sp³-hybridized carbons (Fsp3) is 0.450. The Labute approximate surface area is 581 Å². The number of Topliss-reactive ketones (excluding diaryl/α,β-unsaturated/α-hetero) is 1. The van der Waals surface area contributed by atoms with E-state index in [0.29, 0.717) is 109 Å². The molecule has 0 unspecified atom stereocenters. The van der Waals surface area contributed by atoms with E-state index in [4.69, 9.17) is 5.11 Å². The van der Waals surface area contributed by atoms with Crippen molar-refractivity contribution in [3.05, 3.63) is 158 Å². The summed E-state index contributed by atoms with van der Waals surface area (Å²) in [5.74, 6) is -0.109. The first-order chi connectivity index (χ1) is 43.5. The van der Waals surface area contributed by atoms with E-state index in [2.05, 4.69) is 51.0 Å². The molecule has 0 amide bonds. The number of aldehydes is 4. The number of carbonyl (C=O) groups is 5. The van der Waals surface area contributed by atoms with Gasteiger partial charge in [0.2, 0.25) is 60.1 Å². The number of halogens is 1. The zero-order chi connectivity index (χ0) is 76.0. The molecule has 1 radical (unpaired) electrons. The molecular weight excluding hydrogens is 1450 g/mol. The molecule has 0 bridgehead atoms. The summed E-state index contributed by atoms with van der Waals surface area (Å²) in [4.78, 5) is 56.8. The molecular formula is C60H90BBrN9O18S7. The van der Waals surface area contributed by atoms with Crippen LogP contribution < -0.4 is 5.32 Å². The summed E-state index contributed by atoms with van der Waals surface area (Å²) in [5, 5.41) is 12.0. The van der Waals surface area contributed by atoms with Crippen LogP contribution in [0.15, 0.2) is 27.5 Å². The normalized spacial score (nSPS) is 11.4. The van der Waals surface area contributed by atoms with E-state index < -0.39 is 60.1 Å². The third-order valence-corrected chi connectivity index (χ3v) is 23.1. The Kier molecular flexibility index (Phi) is 33.5. The number of hydrogen-bond donors (Lipinski definition) is 4. The van der Waals surface area contributed by atoms with E-state index >= 15 is 0 Å². The Morgan fingerprint density at radius 3 is 1.06 bits per heavy atom. The number of rotatable bonds is 14. The van der Waals surface area contributed by atoms with Crippen LogP contribution in [0.3, 0.4) is 0 Å². The fourth-order valence-electron chi connectivity index (χ4n) is 10.3. The molecule has 0 saturated carbocycles. The average Bonchev–Trinajstić information content (AvgIpc) is 1.66. The first kappa shape index (κ1) is 89.6. The van der Waals surface area contributed by atoms with Gasteiger partial charge in [0.15, 0.2) is 30.9 Å². The van der Waals surface area contributed by atoms with Gasteiger partial charge in [0.05, 0.1) is 44.1 Å². The Hall–Kier alpha value is -6.38. The zero-order valence-electron chi connectivity index (χ0n) is 58.8. The summed E-state index contributed by atoms with van der Waals surface area (Å²) in [6.45, 7) is 31.9. The van der Waals surface area contributed by atoms with E-state index in [0.717, 1.165) is 106 Å². The molecule has 0 fully saturated rings. The van der Waals surface area contributed by atoms with Crippen LogP contribution in [0, 0.1) is 118 Å². The van der Waals surface area contributed by atoms with Crippen molar-refractivity contribution in [3.63, 3.8) is 0 Å². The minimum atomic E-state index is -3.37. The second-order valence-corrected chi connectivity index (χ2v) is 34.4. The molecule has 36 heteroatoms. The van der Waals surface area contributed by atoms with Gasteiger partial charge < -0.3 is 15.4 Å². The maximum atomic E-state index is 11.6. The number of aromatic amines is 1.